The standard InChI is InChI=1S/C9H11ClN2O4S2/c10-9-5-7(1-3-11-9)12-18(15,16)8-2-4-17(13,14)6-8/h1,3,5,8H,2,4,6H2,(H,11,12). The highest BCUT2D eigenvalue weighted by Crippen LogP contribution is 2.22. The van der Waals surface area contributed by atoms with Crippen molar-refractivity contribution >= 4 is 37.1 Å². The fourth-order valence-corrected chi connectivity index (χ4v) is 5.97. The summed E-state index contributed by atoms with van der Waals surface area (Å²) in [5.41, 5.74) is 0.277. The fraction of sp³-hybridized carbons (Fsp3) is 0.444. The first kappa shape index (κ1) is 13.6. The number of hydrogen-bond donors (Lipinski definition) is 1. The number of sulfone groups is 1. The molecule has 18 heavy (non-hydrogen) atoms. The van der Waals surface area contributed by atoms with Gasteiger partial charge in [-0.15, -0.1) is 0 Å². The van der Waals surface area contributed by atoms with E-state index in [9.17, 15) is 16.8 Å². The van der Waals surface area contributed by atoms with Crippen LogP contribution < -0.4 is 4.72 Å². The Morgan fingerprint density at radius 1 is 1.44 bits per heavy atom. The zero-order valence-electron chi connectivity index (χ0n) is 9.21. The molecule has 100 valence electrons. The smallest absolute Gasteiger partial charge is 0.236 e. The van der Waals surface area contributed by atoms with E-state index in [0.29, 0.717) is 0 Å². The van der Waals surface area contributed by atoms with E-state index in [0.717, 1.165) is 0 Å². The van der Waals surface area contributed by atoms with Crippen LogP contribution in [0.5, 0.6) is 0 Å². The quantitative estimate of drug-likeness (QED) is 0.828. The number of pyridine rings is 1. The summed E-state index contributed by atoms with van der Waals surface area (Å²) >= 11 is 5.64. The van der Waals surface area contributed by atoms with Gasteiger partial charge in [0.1, 0.15) is 5.15 Å². The lowest BCUT2D eigenvalue weighted by atomic mass is 10.4. The minimum absolute atomic E-state index is 0.0876. The van der Waals surface area contributed by atoms with Crippen LogP contribution >= 0.6 is 11.6 Å². The minimum Gasteiger partial charge on any atom is -0.283 e. The van der Waals surface area contributed by atoms with Crippen molar-refractivity contribution in [2.45, 2.75) is 11.7 Å². The van der Waals surface area contributed by atoms with Crippen molar-refractivity contribution in [1.82, 2.24) is 4.98 Å². The van der Waals surface area contributed by atoms with E-state index in [1.165, 1.54) is 18.3 Å². The topological polar surface area (TPSA) is 93.2 Å². The monoisotopic (exact) mass is 310 g/mol. The lowest BCUT2D eigenvalue weighted by Crippen LogP contribution is -2.28. The fourth-order valence-electron chi connectivity index (χ4n) is 1.72. The van der Waals surface area contributed by atoms with Gasteiger partial charge in [-0.1, -0.05) is 11.6 Å². The number of sulfonamides is 1. The molecule has 1 fully saturated rings. The molecule has 1 aromatic rings. The predicted octanol–water partition coefficient (Wildman–Crippen LogP) is 0.664. The second kappa shape index (κ2) is 4.67. The summed E-state index contributed by atoms with van der Waals surface area (Å²) in [5.74, 6) is -0.420. The van der Waals surface area contributed by atoms with Crippen LogP contribution in [0.1, 0.15) is 6.42 Å². The van der Waals surface area contributed by atoms with Gasteiger partial charge in [0, 0.05) is 6.20 Å². The molecule has 6 nitrogen and oxygen atoms in total. The Morgan fingerprint density at radius 2 is 2.17 bits per heavy atom. The lowest BCUT2D eigenvalue weighted by Gasteiger charge is -2.12. The van der Waals surface area contributed by atoms with Gasteiger partial charge in [0.25, 0.3) is 0 Å². The van der Waals surface area contributed by atoms with Crippen molar-refractivity contribution in [1.29, 1.82) is 0 Å². The third-order valence-electron chi connectivity index (χ3n) is 2.62. The Bertz CT molecular complexity index is 657. The van der Waals surface area contributed by atoms with E-state index >= 15 is 0 Å². The van der Waals surface area contributed by atoms with E-state index in [2.05, 4.69) is 9.71 Å². The Morgan fingerprint density at radius 3 is 2.72 bits per heavy atom. The van der Waals surface area contributed by atoms with Crippen LogP contribution in [0.4, 0.5) is 5.69 Å². The average molecular weight is 311 g/mol. The van der Waals surface area contributed by atoms with Crippen molar-refractivity contribution in [3.63, 3.8) is 0 Å². The van der Waals surface area contributed by atoms with Crippen molar-refractivity contribution in [2.75, 3.05) is 16.2 Å². The Balaban J connectivity index is 2.18. The summed E-state index contributed by atoms with van der Waals surface area (Å²) in [5, 5.41) is -0.747. The number of nitrogens with zero attached hydrogens (tertiary/aromatic N) is 1. The van der Waals surface area contributed by atoms with Crippen molar-refractivity contribution in [2.24, 2.45) is 0 Å². The number of rotatable bonds is 3. The van der Waals surface area contributed by atoms with E-state index in [4.69, 9.17) is 11.6 Å². The molecule has 0 saturated carbocycles. The van der Waals surface area contributed by atoms with Gasteiger partial charge < -0.3 is 0 Å². The van der Waals surface area contributed by atoms with Crippen molar-refractivity contribution in [3.05, 3.63) is 23.5 Å². The molecule has 1 unspecified atom stereocenters. The van der Waals surface area contributed by atoms with Gasteiger partial charge in [-0.25, -0.2) is 21.8 Å². The highest BCUT2D eigenvalue weighted by atomic mass is 35.5. The second-order valence-corrected chi connectivity index (χ2v) is 8.62. The van der Waals surface area contributed by atoms with Gasteiger partial charge in [-0.2, -0.15) is 0 Å². The first-order chi connectivity index (χ1) is 8.28. The van der Waals surface area contributed by atoms with Gasteiger partial charge in [0.15, 0.2) is 9.84 Å². The minimum atomic E-state index is -3.72. The largest absolute Gasteiger partial charge is 0.283 e. The first-order valence-corrected chi connectivity index (χ1v) is 8.87. The Kier molecular flexibility index (Phi) is 3.52. The summed E-state index contributed by atoms with van der Waals surface area (Å²) in [4.78, 5) is 3.73. The number of halogens is 1. The molecule has 1 N–H and O–H groups in total. The maximum atomic E-state index is 12.0. The van der Waals surface area contributed by atoms with Crippen LogP contribution in [0.3, 0.4) is 0 Å². The van der Waals surface area contributed by atoms with E-state index in [-0.39, 0.29) is 28.8 Å². The molecule has 0 aliphatic carbocycles. The molecule has 0 amide bonds. The van der Waals surface area contributed by atoms with Gasteiger partial charge in [-0.05, 0) is 18.6 Å². The molecule has 9 heteroatoms. The molecule has 2 rings (SSSR count). The predicted molar refractivity (Wildman–Crippen MR) is 68.8 cm³/mol. The molecule has 2 heterocycles. The number of nitrogens with one attached hydrogen (secondary N) is 1. The third-order valence-corrected chi connectivity index (χ3v) is 6.60. The molecular weight excluding hydrogens is 300 g/mol. The number of anilines is 1. The number of hydrogen-bond acceptors (Lipinski definition) is 5. The summed E-state index contributed by atoms with van der Waals surface area (Å²) in [6.07, 6.45) is 1.49. The van der Waals surface area contributed by atoms with Crippen LogP contribution in [0.25, 0.3) is 0 Å². The van der Waals surface area contributed by atoms with Gasteiger partial charge in [-0.3, -0.25) is 4.72 Å². The van der Waals surface area contributed by atoms with Gasteiger partial charge >= 0.3 is 0 Å². The van der Waals surface area contributed by atoms with E-state index in [1.807, 2.05) is 0 Å². The molecule has 0 spiro atoms. The first-order valence-electron chi connectivity index (χ1n) is 5.12. The maximum absolute atomic E-state index is 12.0. The molecule has 1 atom stereocenters. The highest BCUT2D eigenvalue weighted by Gasteiger charge is 2.37. The summed E-state index contributed by atoms with van der Waals surface area (Å²) in [6.45, 7) is 0. The van der Waals surface area contributed by atoms with Gasteiger partial charge in [0.2, 0.25) is 10.0 Å². The summed E-state index contributed by atoms with van der Waals surface area (Å²) in [7, 11) is -6.95. The molecule has 0 aromatic carbocycles. The summed E-state index contributed by atoms with van der Waals surface area (Å²) < 4.78 is 48.8. The normalized spacial score (nSPS) is 22.8. The molecule has 0 radical (unpaired) electrons. The van der Waals surface area contributed by atoms with Gasteiger partial charge in [0.05, 0.1) is 22.4 Å². The Labute approximate surface area is 110 Å². The molecular formula is C9H11ClN2O4S2. The summed E-state index contributed by atoms with van der Waals surface area (Å²) in [6, 6.07) is 2.81. The average Bonchev–Trinajstić information content (AvgIpc) is 2.59. The van der Waals surface area contributed by atoms with E-state index < -0.39 is 25.1 Å². The van der Waals surface area contributed by atoms with Crippen LogP contribution in [-0.2, 0) is 19.9 Å². The zero-order valence-corrected chi connectivity index (χ0v) is 11.6. The molecule has 1 aliphatic rings. The second-order valence-electron chi connectivity index (χ2n) is 4.04. The zero-order chi connectivity index (χ0) is 13.4. The third kappa shape index (κ3) is 3.12. The maximum Gasteiger partial charge on any atom is 0.236 e. The van der Waals surface area contributed by atoms with Crippen molar-refractivity contribution < 1.29 is 16.8 Å². The van der Waals surface area contributed by atoms with Crippen LogP contribution in [0.2, 0.25) is 5.15 Å². The van der Waals surface area contributed by atoms with Crippen LogP contribution in [0, 0.1) is 0 Å². The molecule has 1 aromatic heterocycles. The Hall–Kier alpha value is -0.860. The van der Waals surface area contributed by atoms with Crippen LogP contribution in [0.15, 0.2) is 18.3 Å². The van der Waals surface area contributed by atoms with E-state index in [1.54, 1.807) is 0 Å². The number of aromatic nitrogens is 1. The highest BCUT2D eigenvalue weighted by molar-refractivity contribution is 7.97. The molecule has 1 saturated heterocycles. The molecule has 0 bridgehead atoms. The van der Waals surface area contributed by atoms with Crippen LogP contribution in [-0.4, -0.2) is 38.6 Å². The lowest BCUT2D eigenvalue weighted by molar-refractivity contribution is 0.587. The molecule has 1 aliphatic heterocycles. The van der Waals surface area contributed by atoms with Crippen molar-refractivity contribution in [3.8, 4) is 0 Å². The SMILES string of the molecule is O=S1(=O)CCC(S(=O)(=O)Nc2ccnc(Cl)c2)C1.